The highest BCUT2D eigenvalue weighted by atomic mass is 19.1. The fraction of sp³-hybridized carbons (Fsp3) is 1.00. The minimum absolute atomic E-state index is 0.00405. The van der Waals surface area contributed by atoms with Gasteiger partial charge in [-0.25, -0.2) is 4.39 Å². The Balaban J connectivity index is 1.32. The molecular formula is C26H47FO2. The fourth-order valence-corrected chi connectivity index (χ4v) is 6.48. The van der Waals surface area contributed by atoms with Crippen LogP contribution in [-0.2, 0) is 9.47 Å². The van der Waals surface area contributed by atoms with E-state index in [0.29, 0.717) is 12.2 Å². The third-order valence-electron chi connectivity index (χ3n) is 8.34. The minimum atomic E-state index is -0.578. The van der Waals surface area contributed by atoms with Crippen molar-refractivity contribution in [3.63, 3.8) is 0 Å². The minimum Gasteiger partial charge on any atom is -0.378 e. The molecule has 0 aliphatic heterocycles. The van der Waals surface area contributed by atoms with E-state index in [9.17, 15) is 0 Å². The second-order valence-corrected chi connectivity index (χ2v) is 10.5. The van der Waals surface area contributed by atoms with Crippen LogP contribution in [0.2, 0.25) is 0 Å². The molecule has 0 amide bonds. The van der Waals surface area contributed by atoms with E-state index in [1.807, 2.05) is 0 Å². The lowest BCUT2D eigenvalue weighted by molar-refractivity contribution is -0.196. The summed E-state index contributed by atoms with van der Waals surface area (Å²) in [6, 6.07) is 0. The number of halogens is 1. The molecule has 0 aromatic rings. The van der Waals surface area contributed by atoms with Crippen molar-refractivity contribution in [3.05, 3.63) is 0 Å². The van der Waals surface area contributed by atoms with Crippen molar-refractivity contribution in [2.75, 3.05) is 13.2 Å². The molecule has 0 aromatic heterocycles. The van der Waals surface area contributed by atoms with Crippen LogP contribution < -0.4 is 0 Å². The highest BCUT2D eigenvalue weighted by molar-refractivity contribution is 5.13. The summed E-state index contributed by atoms with van der Waals surface area (Å²) in [5.74, 6) is 0. The Morgan fingerprint density at radius 2 is 1.07 bits per heavy atom. The highest BCUT2D eigenvalue weighted by Gasteiger charge is 2.64. The van der Waals surface area contributed by atoms with E-state index in [4.69, 9.17) is 9.47 Å². The molecule has 3 aliphatic rings. The third kappa shape index (κ3) is 5.97. The van der Waals surface area contributed by atoms with E-state index >= 15 is 4.39 Å². The van der Waals surface area contributed by atoms with Crippen LogP contribution >= 0.6 is 0 Å². The van der Waals surface area contributed by atoms with Crippen LogP contribution in [0.3, 0.4) is 0 Å². The Bertz CT molecular complexity index is 410. The van der Waals surface area contributed by atoms with Gasteiger partial charge in [-0.15, -0.1) is 0 Å². The Morgan fingerprint density at radius 1 is 0.655 bits per heavy atom. The number of ether oxygens (including phenoxy) is 2. The first kappa shape index (κ1) is 23.5. The van der Waals surface area contributed by atoms with Crippen molar-refractivity contribution in [3.8, 4) is 0 Å². The summed E-state index contributed by atoms with van der Waals surface area (Å²) in [6.45, 7) is 6.30. The van der Waals surface area contributed by atoms with Gasteiger partial charge < -0.3 is 9.47 Å². The normalized spacial score (nSPS) is 37.1. The lowest BCUT2D eigenvalue weighted by atomic mass is 9.43. The largest absolute Gasteiger partial charge is 0.378 e. The summed E-state index contributed by atoms with van der Waals surface area (Å²) in [6.07, 6.45) is 20.0. The van der Waals surface area contributed by atoms with E-state index in [1.54, 1.807) is 0 Å². The predicted octanol–water partition coefficient (Wildman–Crippen LogP) is 7.78. The second kappa shape index (κ2) is 11.5. The summed E-state index contributed by atoms with van der Waals surface area (Å²) in [7, 11) is 0. The number of unbranched alkanes of at least 4 members (excludes halogenated alkanes) is 6. The summed E-state index contributed by atoms with van der Waals surface area (Å²) in [5, 5.41) is 0. The molecule has 3 heteroatoms. The molecule has 0 aromatic carbocycles. The first-order chi connectivity index (χ1) is 14.1. The van der Waals surface area contributed by atoms with Crippen molar-refractivity contribution >= 4 is 0 Å². The maximum atomic E-state index is 15.6. The first-order valence-corrected chi connectivity index (χ1v) is 13.0. The van der Waals surface area contributed by atoms with Gasteiger partial charge in [-0.1, -0.05) is 52.4 Å². The van der Waals surface area contributed by atoms with Crippen LogP contribution in [-0.4, -0.2) is 31.6 Å². The van der Waals surface area contributed by atoms with Gasteiger partial charge in [-0.05, 0) is 70.6 Å². The van der Waals surface area contributed by atoms with Gasteiger partial charge in [0.25, 0.3) is 0 Å². The molecular weight excluding hydrogens is 363 g/mol. The molecule has 0 atom stereocenters. The molecule has 3 rings (SSSR count). The van der Waals surface area contributed by atoms with Gasteiger partial charge in [0.1, 0.15) is 6.17 Å². The van der Waals surface area contributed by atoms with Crippen LogP contribution in [0.25, 0.3) is 0 Å². The lowest BCUT2D eigenvalue weighted by Crippen LogP contribution is -2.61. The van der Waals surface area contributed by atoms with Gasteiger partial charge in [0.15, 0.2) is 0 Å². The number of hydrogen-bond donors (Lipinski definition) is 0. The average molecular weight is 411 g/mol. The number of alkyl halides is 1. The Hall–Kier alpha value is -0.150. The van der Waals surface area contributed by atoms with Gasteiger partial charge >= 0.3 is 0 Å². The Morgan fingerprint density at radius 3 is 1.41 bits per heavy atom. The highest BCUT2D eigenvalue weighted by Crippen LogP contribution is 2.67. The van der Waals surface area contributed by atoms with Crippen LogP contribution in [0.4, 0.5) is 4.39 Å². The zero-order chi connectivity index (χ0) is 20.6. The molecule has 0 heterocycles. The maximum absolute atomic E-state index is 15.6. The SMILES string of the molecule is CCCCCCOC1CCC2(CC1)CC1(CCC(OCCCCCC)CC1)C2F. The molecule has 2 spiro atoms. The zero-order valence-electron chi connectivity index (χ0n) is 19.4. The quantitative estimate of drug-likeness (QED) is 0.306. The van der Waals surface area contributed by atoms with Gasteiger partial charge in [-0.2, -0.15) is 0 Å². The Labute approximate surface area is 179 Å². The van der Waals surface area contributed by atoms with Gasteiger partial charge in [0.05, 0.1) is 12.2 Å². The molecule has 0 N–H and O–H groups in total. The monoisotopic (exact) mass is 410 g/mol. The van der Waals surface area contributed by atoms with Crippen LogP contribution in [0.5, 0.6) is 0 Å². The van der Waals surface area contributed by atoms with Gasteiger partial charge in [0.2, 0.25) is 0 Å². The smallest absolute Gasteiger partial charge is 0.111 e. The van der Waals surface area contributed by atoms with Crippen molar-refractivity contribution in [1.29, 1.82) is 0 Å². The molecule has 0 unspecified atom stereocenters. The number of hydrogen-bond acceptors (Lipinski definition) is 2. The second-order valence-electron chi connectivity index (χ2n) is 10.5. The summed E-state index contributed by atoms with van der Waals surface area (Å²) in [4.78, 5) is 0. The van der Waals surface area contributed by atoms with Gasteiger partial charge in [-0.3, -0.25) is 0 Å². The standard InChI is InChI=1S/C26H47FO2/c1-3-5-7-9-19-28-22-11-15-25(16-12-22)21-26(24(25)27)17-13-23(14-18-26)29-20-10-8-6-4-2/h22-24H,3-21H2,1-2H3. The lowest BCUT2D eigenvalue weighted by Gasteiger charge is -2.63. The first-order valence-electron chi connectivity index (χ1n) is 13.0. The van der Waals surface area contributed by atoms with E-state index in [2.05, 4.69) is 13.8 Å². The van der Waals surface area contributed by atoms with Crippen molar-refractivity contribution in [1.82, 2.24) is 0 Å². The fourth-order valence-electron chi connectivity index (χ4n) is 6.48. The Kier molecular flexibility index (Phi) is 9.29. The van der Waals surface area contributed by atoms with E-state index in [1.165, 1.54) is 51.4 Å². The molecule has 3 fully saturated rings. The van der Waals surface area contributed by atoms with Crippen molar-refractivity contribution in [2.24, 2.45) is 10.8 Å². The number of rotatable bonds is 12. The topological polar surface area (TPSA) is 18.5 Å². The van der Waals surface area contributed by atoms with E-state index in [-0.39, 0.29) is 10.8 Å². The van der Waals surface area contributed by atoms with Crippen LogP contribution in [0.1, 0.15) is 123 Å². The molecule has 29 heavy (non-hydrogen) atoms. The maximum Gasteiger partial charge on any atom is 0.111 e. The molecule has 2 nitrogen and oxygen atoms in total. The molecule has 0 saturated heterocycles. The molecule has 0 radical (unpaired) electrons. The van der Waals surface area contributed by atoms with E-state index < -0.39 is 6.17 Å². The molecule has 0 bridgehead atoms. The van der Waals surface area contributed by atoms with Crippen molar-refractivity contribution < 1.29 is 13.9 Å². The molecule has 3 aliphatic carbocycles. The zero-order valence-corrected chi connectivity index (χ0v) is 19.4. The van der Waals surface area contributed by atoms with Gasteiger partial charge in [0, 0.05) is 24.0 Å². The van der Waals surface area contributed by atoms with Crippen molar-refractivity contribution in [2.45, 2.75) is 141 Å². The molecule has 3 saturated carbocycles. The van der Waals surface area contributed by atoms with Crippen LogP contribution in [0, 0.1) is 10.8 Å². The summed E-state index contributed by atoms with van der Waals surface area (Å²) < 4.78 is 27.8. The summed E-state index contributed by atoms with van der Waals surface area (Å²) in [5.41, 5.74) is -0.00810. The third-order valence-corrected chi connectivity index (χ3v) is 8.34. The molecule has 170 valence electrons. The summed E-state index contributed by atoms with van der Waals surface area (Å²) >= 11 is 0. The van der Waals surface area contributed by atoms with E-state index in [0.717, 1.165) is 71.0 Å². The average Bonchev–Trinajstić information content (AvgIpc) is 2.75. The predicted molar refractivity (Wildman–Crippen MR) is 119 cm³/mol. The van der Waals surface area contributed by atoms with Crippen LogP contribution in [0.15, 0.2) is 0 Å².